The van der Waals surface area contributed by atoms with Crippen LogP contribution in [-0.2, 0) is 6.42 Å². The molecule has 0 saturated heterocycles. The molecule has 1 aliphatic heterocycles. The summed E-state index contributed by atoms with van der Waals surface area (Å²) >= 11 is 0. The summed E-state index contributed by atoms with van der Waals surface area (Å²) in [6.07, 6.45) is 4.02. The number of amides is 2. The van der Waals surface area contributed by atoms with E-state index in [4.69, 9.17) is 0 Å². The lowest BCUT2D eigenvalue weighted by molar-refractivity contribution is 0.0987. The number of nitrogens with one attached hydrogen (secondary N) is 1. The monoisotopic (exact) mass is 371 g/mol. The van der Waals surface area contributed by atoms with Gasteiger partial charge in [0.25, 0.3) is 11.8 Å². The Morgan fingerprint density at radius 1 is 1.00 bits per heavy atom. The molecular weight excluding hydrogens is 350 g/mol. The Bertz CT molecular complexity index is 1060. The fourth-order valence-corrected chi connectivity index (χ4v) is 3.40. The Morgan fingerprint density at radius 2 is 1.86 bits per heavy atom. The van der Waals surface area contributed by atoms with Gasteiger partial charge >= 0.3 is 0 Å². The van der Waals surface area contributed by atoms with E-state index in [9.17, 15) is 9.59 Å². The Balaban J connectivity index is 1.57. The van der Waals surface area contributed by atoms with E-state index in [1.165, 1.54) is 0 Å². The average molecular weight is 371 g/mol. The van der Waals surface area contributed by atoms with Crippen molar-refractivity contribution in [3.8, 4) is 0 Å². The van der Waals surface area contributed by atoms with Gasteiger partial charge in [0.1, 0.15) is 0 Å². The number of carbonyl (C=O) groups excluding carboxylic acids is 2. The van der Waals surface area contributed by atoms with Gasteiger partial charge in [-0.25, -0.2) is 0 Å². The first-order valence-electron chi connectivity index (χ1n) is 9.26. The molecule has 5 nitrogen and oxygen atoms in total. The van der Waals surface area contributed by atoms with Gasteiger partial charge in [0.2, 0.25) is 0 Å². The molecule has 1 aliphatic rings. The predicted octanol–water partition coefficient (Wildman–Crippen LogP) is 4.15. The summed E-state index contributed by atoms with van der Waals surface area (Å²) in [5.74, 6) is -0.240. The molecule has 0 unspecified atom stereocenters. The number of anilines is 2. The minimum absolute atomic E-state index is 0.0792. The van der Waals surface area contributed by atoms with Crippen molar-refractivity contribution in [2.45, 2.75) is 20.3 Å². The second-order valence-electron chi connectivity index (χ2n) is 7.05. The highest BCUT2D eigenvalue weighted by Gasteiger charge is 2.26. The van der Waals surface area contributed by atoms with Crippen LogP contribution >= 0.6 is 0 Å². The van der Waals surface area contributed by atoms with Gasteiger partial charge in [-0.2, -0.15) is 0 Å². The third kappa shape index (κ3) is 3.39. The third-order valence-corrected chi connectivity index (χ3v) is 5.16. The van der Waals surface area contributed by atoms with Crippen LogP contribution in [0.25, 0.3) is 0 Å². The number of pyridine rings is 1. The van der Waals surface area contributed by atoms with Crippen LogP contribution in [0.4, 0.5) is 11.4 Å². The number of fused-ring (bicyclic) bond motifs is 1. The summed E-state index contributed by atoms with van der Waals surface area (Å²) in [5.41, 5.74) is 6.02. The van der Waals surface area contributed by atoms with E-state index in [0.717, 1.165) is 28.8 Å². The molecule has 0 spiro atoms. The van der Waals surface area contributed by atoms with Crippen LogP contribution < -0.4 is 10.2 Å². The molecule has 1 N–H and O–H groups in total. The van der Waals surface area contributed by atoms with Crippen LogP contribution in [0.15, 0.2) is 60.9 Å². The molecule has 0 bridgehead atoms. The van der Waals surface area contributed by atoms with E-state index in [0.29, 0.717) is 23.4 Å². The number of aromatic nitrogens is 1. The quantitative estimate of drug-likeness (QED) is 0.752. The maximum atomic E-state index is 12.8. The lowest BCUT2D eigenvalue weighted by atomic mass is 10.1. The predicted molar refractivity (Wildman–Crippen MR) is 110 cm³/mol. The second-order valence-corrected chi connectivity index (χ2v) is 7.05. The van der Waals surface area contributed by atoms with Crippen LogP contribution in [0.2, 0.25) is 0 Å². The molecule has 5 heteroatoms. The molecule has 0 fully saturated rings. The topological polar surface area (TPSA) is 62.3 Å². The summed E-state index contributed by atoms with van der Waals surface area (Å²) < 4.78 is 0. The number of rotatable bonds is 3. The molecule has 2 aromatic carbocycles. The highest BCUT2D eigenvalue weighted by Crippen LogP contribution is 2.32. The van der Waals surface area contributed by atoms with E-state index in [-0.39, 0.29) is 11.8 Å². The van der Waals surface area contributed by atoms with Crippen LogP contribution in [0.3, 0.4) is 0 Å². The molecule has 0 aliphatic carbocycles. The van der Waals surface area contributed by atoms with Crippen LogP contribution in [0.5, 0.6) is 0 Å². The van der Waals surface area contributed by atoms with E-state index in [1.54, 1.807) is 29.4 Å². The largest absolute Gasteiger partial charge is 0.322 e. The molecule has 0 atom stereocenters. The Labute approximate surface area is 164 Å². The number of benzene rings is 2. The first-order chi connectivity index (χ1) is 13.5. The van der Waals surface area contributed by atoms with Gasteiger partial charge in [-0.1, -0.05) is 12.1 Å². The summed E-state index contributed by atoms with van der Waals surface area (Å²) in [5, 5.41) is 2.94. The van der Waals surface area contributed by atoms with Crippen molar-refractivity contribution >= 4 is 23.2 Å². The molecule has 4 rings (SSSR count). The highest BCUT2D eigenvalue weighted by molar-refractivity contribution is 6.08. The zero-order valence-corrected chi connectivity index (χ0v) is 15.9. The minimum atomic E-state index is -0.161. The second kappa shape index (κ2) is 7.27. The molecular formula is C23H21N3O2. The van der Waals surface area contributed by atoms with Crippen LogP contribution in [0.1, 0.15) is 37.4 Å². The summed E-state index contributed by atoms with van der Waals surface area (Å²) in [6.45, 7) is 4.63. The fourth-order valence-electron chi connectivity index (χ4n) is 3.40. The maximum absolute atomic E-state index is 12.8. The van der Waals surface area contributed by atoms with Crippen LogP contribution in [0, 0.1) is 13.8 Å². The normalized spacial score (nSPS) is 12.6. The molecule has 0 saturated carbocycles. The SMILES string of the molecule is Cc1ccc(C(=O)Nc2ccc3c(c2)N(C(=O)c2cccnc2)CC3)cc1C. The minimum Gasteiger partial charge on any atom is -0.322 e. The first kappa shape index (κ1) is 17.9. The van der Waals surface area contributed by atoms with Crippen molar-refractivity contribution in [1.29, 1.82) is 0 Å². The molecule has 28 heavy (non-hydrogen) atoms. The zero-order valence-electron chi connectivity index (χ0n) is 15.9. The van der Waals surface area contributed by atoms with Crippen molar-refractivity contribution in [1.82, 2.24) is 4.98 Å². The average Bonchev–Trinajstić information content (AvgIpc) is 3.13. The maximum Gasteiger partial charge on any atom is 0.259 e. The van der Waals surface area contributed by atoms with Gasteiger partial charge in [-0.15, -0.1) is 0 Å². The standard InChI is InChI=1S/C23H21N3O2/c1-15-5-6-18(12-16(15)2)22(27)25-20-8-7-17-9-11-26(21(17)13-20)23(28)19-4-3-10-24-14-19/h3-8,10,12-14H,9,11H2,1-2H3,(H,25,27). The highest BCUT2D eigenvalue weighted by atomic mass is 16.2. The number of carbonyl (C=O) groups is 2. The fraction of sp³-hybridized carbons (Fsp3) is 0.174. The van der Waals surface area contributed by atoms with Gasteiger partial charge in [0.15, 0.2) is 0 Å². The van der Waals surface area contributed by atoms with Gasteiger partial charge < -0.3 is 10.2 Å². The van der Waals surface area contributed by atoms with E-state index in [2.05, 4.69) is 10.3 Å². The number of aryl methyl sites for hydroxylation is 2. The number of hydrogen-bond donors (Lipinski definition) is 1. The summed E-state index contributed by atoms with van der Waals surface area (Å²) in [6, 6.07) is 14.9. The summed E-state index contributed by atoms with van der Waals surface area (Å²) in [4.78, 5) is 31.2. The smallest absolute Gasteiger partial charge is 0.259 e. The third-order valence-electron chi connectivity index (χ3n) is 5.16. The summed E-state index contributed by atoms with van der Waals surface area (Å²) in [7, 11) is 0. The Morgan fingerprint density at radius 3 is 2.61 bits per heavy atom. The van der Waals surface area contributed by atoms with E-state index in [1.807, 2.05) is 50.2 Å². The van der Waals surface area contributed by atoms with Crippen molar-refractivity contribution in [2.24, 2.45) is 0 Å². The van der Waals surface area contributed by atoms with Crippen molar-refractivity contribution < 1.29 is 9.59 Å². The Kier molecular flexibility index (Phi) is 4.65. The molecule has 2 amide bonds. The first-order valence-corrected chi connectivity index (χ1v) is 9.26. The molecule has 1 aromatic heterocycles. The van der Waals surface area contributed by atoms with E-state index < -0.39 is 0 Å². The molecule has 0 radical (unpaired) electrons. The molecule has 3 aromatic rings. The van der Waals surface area contributed by atoms with Gasteiger partial charge in [0, 0.05) is 35.9 Å². The van der Waals surface area contributed by atoms with Crippen molar-refractivity contribution in [3.63, 3.8) is 0 Å². The van der Waals surface area contributed by atoms with Crippen molar-refractivity contribution in [3.05, 3.63) is 88.7 Å². The lowest BCUT2D eigenvalue weighted by Crippen LogP contribution is -2.29. The van der Waals surface area contributed by atoms with Crippen molar-refractivity contribution in [2.75, 3.05) is 16.8 Å². The van der Waals surface area contributed by atoms with Gasteiger partial charge in [-0.05, 0) is 73.4 Å². The Hall–Kier alpha value is -3.47. The van der Waals surface area contributed by atoms with Crippen LogP contribution in [-0.4, -0.2) is 23.3 Å². The zero-order chi connectivity index (χ0) is 19.7. The number of nitrogens with zero attached hydrogens (tertiary/aromatic N) is 2. The van der Waals surface area contributed by atoms with E-state index >= 15 is 0 Å². The lowest BCUT2D eigenvalue weighted by Gasteiger charge is -2.18. The van der Waals surface area contributed by atoms with Gasteiger partial charge in [0.05, 0.1) is 5.56 Å². The van der Waals surface area contributed by atoms with Gasteiger partial charge in [-0.3, -0.25) is 14.6 Å². The molecule has 140 valence electrons. The molecule has 2 heterocycles. The number of hydrogen-bond acceptors (Lipinski definition) is 3.